The third-order valence-electron chi connectivity index (χ3n) is 2.87. The highest BCUT2D eigenvalue weighted by Gasteiger charge is 2.15. The molecule has 1 nitrogen and oxygen atoms in total. The monoisotopic (exact) mass is 269 g/mol. The second-order valence-electron chi connectivity index (χ2n) is 4.89. The Balaban J connectivity index is 2.60. The van der Waals surface area contributed by atoms with Crippen molar-refractivity contribution in [2.75, 3.05) is 7.05 Å². The summed E-state index contributed by atoms with van der Waals surface area (Å²) in [5.74, 6) is -1.04. The molecule has 0 unspecified atom stereocenters. The van der Waals surface area contributed by atoms with Gasteiger partial charge in [-0.25, -0.2) is 8.78 Å². The Morgan fingerprint density at radius 2 is 1.89 bits per heavy atom. The summed E-state index contributed by atoms with van der Waals surface area (Å²) in [6, 6.07) is 2.64. The quantitative estimate of drug-likeness (QED) is 0.881. The molecule has 1 aromatic carbocycles. The molecule has 0 aliphatic rings. The van der Waals surface area contributed by atoms with Crippen LogP contribution in [-0.2, 0) is 13.0 Å². The summed E-state index contributed by atoms with van der Waals surface area (Å²) >= 11 is 1.54. The summed E-state index contributed by atoms with van der Waals surface area (Å²) in [5, 5.41) is 3.97. The van der Waals surface area contributed by atoms with E-state index in [0.717, 1.165) is 28.6 Å². The fourth-order valence-electron chi connectivity index (χ4n) is 2.13. The molecule has 98 valence electrons. The minimum atomic E-state index is -0.768. The van der Waals surface area contributed by atoms with Gasteiger partial charge in [0, 0.05) is 16.1 Å². The highest BCUT2D eigenvalue weighted by Crippen LogP contribution is 2.34. The maximum Gasteiger partial charge on any atom is 0.160 e. The SMILES string of the molecule is CNCc1sc2cc(F)c(F)cc2c1CC(C)C. The first kappa shape index (κ1) is 13.4. The number of halogens is 2. The van der Waals surface area contributed by atoms with E-state index in [2.05, 4.69) is 19.2 Å². The normalized spacial score (nSPS) is 11.7. The second kappa shape index (κ2) is 5.33. The average Bonchev–Trinajstić information content (AvgIpc) is 2.58. The van der Waals surface area contributed by atoms with Crippen LogP contribution in [0.1, 0.15) is 24.3 Å². The summed E-state index contributed by atoms with van der Waals surface area (Å²) in [5.41, 5.74) is 1.15. The van der Waals surface area contributed by atoms with E-state index >= 15 is 0 Å². The van der Waals surface area contributed by atoms with Crippen molar-refractivity contribution in [2.24, 2.45) is 5.92 Å². The molecular formula is C14H17F2NS. The summed E-state index contributed by atoms with van der Waals surface area (Å²) in [6.07, 6.45) is 0.891. The Hall–Kier alpha value is -1.00. The van der Waals surface area contributed by atoms with Crippen LogP contribution in [0.2, 0.25) is 0 Å². The summed E-state index contributed by atoms with van der Waals surface area (Å²) in [7, 11) is 1.88. The van der Waals surface area contributed by atoms with Crippen LogP contribution in [0.5, 0.6) is 0 Å². The average molecular weight is 269 g/mol. The second-order valence-corrected chi connectivity index (χ2v) is 6.03. The van der Waals surface area contributed by atoms with Crippen molar-refractivity contribution in [3.63, 3.8) is 0 Å². The van der Waals surface area contributed by atoms with E-state index in [-0.39, 0.29) is 0 Å². The van der Waals surface area contributed by atoms with Crippen LogP contribution in [0.4, 0.5) is 8.78 Å². The van der Waals surface area contributed by atoms with Gasteiger partial charge in [0.15, 0.2) is 11.6 Å². The van der Waals surface area contributed by atoms with Gasteiger partial charge in [0.05, 0.1) is 0 Å². The van der Waals surface area contributed by atoms with Crippen molar-refractivity contribution >= 4 is 21.4 Å². The van der Waals surface area contributed by atoms with Gasteiger partial charge in [0.25, 0.3) is 0 Å². The molecule has 0 aliphatic heterocycles. The zero-order valence-electron chi connectivity index (χ0n) is 10.8. The minimum Gasteiger partial charge on any atom is -0.315 e. The van der Waals surface area contributed by atoms with Crippen LogP contribution < -0.4 is 5.32 Å². The fraction of sp³-hybridized carbons (Fsp3) is 0.429. The van der Waals surface area contributed by atoms with Crippen LogP contribution in [0, 0.1) is 17.6 Å². The van der Waals surface area contributed by atoms with Gasteiger partial charge >= 0.3 is 0 Å². The van der Waals surface area contributed by atoms with E-state index in [0.29, 0.717) is 5.92 Å². The summed E-state index contributed by atoms with van der Waals surface area (Å²) in [4.78, 5) is 1.17. The van der Waals surface area contributed by atoms with Gasteiger partial charge in [-0.3, -0.25) is 0 Å². The molecule has 18 heavy (non-hydrogen) atoms. The Labute approximate surface area is 110 Å². The van der Waals surface area contributed by atoms with E-state index in [1.807, 2.05) is 7.05 Å². The van der Waals surface area contributed by atoms with Crippen molar-refractivity contribution < 1.29 is 8.78 Å². The number of hydrogen-bond donors (Lipinski definition) is 1. The van der Waals surface area contributed by atoms with E-state index < -0.39 is 11.6 Å². The summed E-state index contributed by atoms with van der Waals surface area (Å²) < 4.78 is 27.5. The maximum absolute atomic E-state index is 13.4. The van der Waals surface area contributed by atoms with Crippen LogP contribution in [0.15, 0.2) is 12.1 Å². The predicted octanol–water partition coefficient (Wildman–Crippen LogP) is 4.10. The lowest BCUT2D eigenvalue weighted by atomic mass is 9.99. The predicted molar refractivity (Wildman–Crippen MR) is 73.0 cm³/mol. The number of hydrogen-bond acceptors (Lipinski definition) is 2. The number of thiophene rings is 1. The van der Waals surface area contributed by atoms with Gasteiger partial charge in [0.2, 0.25) is 0 Å². The van der Waals surface area contributed by atoms with Crippen LogP contribution in [0.25, 0.3) is 10.1 Å². The Morgan fingerprint density at radius 1 is 1.22 bits per heavy atom. The molecule has 2 rings (SSSR count). The van der Waals surface area contributed by atoms with E-state index in [1.165, 1.54) is 17.0 Å². The van der Waals surface area contributed by atoms with Crippen molar-refractivity contribution in [1.29, 1.82) is 0 Å². The molecule has 0 atom stereocenters. The highest BCUT2D eigenvalue weighted by molar-refractivity contribution is 7.19. The van der Waals surface area contributed by atoms with E-state index in [4.69, 9.17) is 0 Å². The topological polar surface area (TPSA) is 12.0 Å². The van der Waals surface area contributed by atoms with Crippen molar-refractivity contribution in [3.05, 3.63) is 34.2 Å². The van der Waals surface area contributed by atoms with Crippen molar-refractivity contribution in [2.45, 2.75) is 26.8 Å². The largest absolute Gasteiger partial charge is 0.315 e. The first-order valence-electron chi connectivity index (χ1n) is 6.06. The number of nitrogens with one attached hydrogen (secondary N) is 1. The zero-order valence-corrected chi connectivity index (χ0v) is 11.6. The van der Waals surface area contributed by atoms with Crippen molar-refractivity contribution in [1.82, 2.24) is 5.32 Å². The molecule has 0 saturated carbocycles. The molecule has 2 aromatic rings. The van der Waals surface area contributed by atoms with Crippen LogP contribution in [0.3, 0.4) is 0 Å². The van der Waals surface area contributed by atoms with E-state index in [9.17, 15) is 8.78 Å². The highest BCUT2D eigenvalue weighted by atomic mass is 32.1. The van der Waals surface area contributed by atoms with Gasteiger partial charge in [-0.2, -0.15) is 0 Å². The van der Waals surface area contributed by atoms with Gasteiger partial charge in [-0.1, -0.05) is 13.8 Å². The lowest BCUT2D eigenvalue weighted by Crippen LogP contribution is -2.06. The Bertz CT molecular complexity index is 560. The van der Waals surface area contributed by atoms with Gasteiger partial charge in [-0.15, -0.1) is 11.3 Å². The van der Waals surface area contributed by atoms with Gasteiger partial charge < -0.3 is 5.32 Å². The molecule has 0 amide bonds. The zero-order chi connectivity index (χ0) is 13.3. The molecule has 0 aliphatic carbocycles. The van der Waals surface area contributed by atoms with Gasteiger partial charge in [-0.05, 0) is 42.5 Å². The molecule has 1 N–H and O–H groups in total. The first-order valence-corrected chi connectivity index (χ1v) is 6.88. The number of fused-ring (bicyclic) bond motifs is 1. The third kappa shape index (κ3) is 2.54. The maximum atomic E-state index is 13.4. The molecule has 0 radical (unpaired) electrons. The third-order valence-corrected chi connectivity index (χ3v) is 4.06. The van der Waals surface area contributed by atoms with Crippen LogP contribution >= 0.6 is 11.3 Å². The molecule has 0 saturated heterocycles. The number of benzene rings is 1. The minimum absolute atomic E-state index is 0.492. The fourth-order valence-corrected chi connectivity index (χ4v) is 3.38. The van der Waals surface area contributed by atoms with Gasteiger partial charge in [0.1, 0.15) is 0 Å². The summed E-state index contributed by atoms with van der Waals surface area (Å²) in [6.45, 7) is 5.00. The lowest BCUT2D eigenvalue weighted by molar-refractivity contribution is 0.511. The molecule has 0 bridgehead atoms. The molecule has 0 spiro atoms. The smallest absolute Gasteiger partial charge is 0.160 e. The molecule has 0 fully saturated rings. The number of rotatable bonds is 4. The lowest BCUT2D eigenvalue weighted by Gasteiger charge is -2.07. The molecule has 4 heteroatoms. The molecule has 1 aromatic heterocycles. The van der Waals surface area contributed by atoms with Crippen LogP contribution in [-0.4, -0.2) is 7.05 Å². The Morgan fingerprint density at radius 3 is 2.50 bits per heavy atom. The van der Waals surface area contributed by atoms with E-state index in [1.54, 1.807) is 11.3 Å². The molecule has 1 heterocycles. The molecular weight excluding hydrogens is 252 g/mol. The Kier molecular flexibility index (Phi) is 3.97. The standard InChI is InChI=1S/C14H17F2NS/c1-8(2)4-9-10-5-11(15)12(16)6-13(10)18-14(9)7-17-3/h5-6,8,17H,4,7H2,1-3H3. The first-order chi connectivity index (χ1) is 8.52. The van der Waals surface area contributed by atoms with Crippen molar-refractivity contribution in [3.8, 4) is 0 Å².